The van der Waals surface area contributed by atoms with Crippen LogP contribution in [0.1, 0.15) is 43.7 Å². The molecule has 0 spiro atoms. The summed E-state index contributed by atoms with van der Waals surface area (Å²) in [5.74, 6) is 0.335. The first-order chi connectivity index (χ1) is 9.34. The second-order valence-corrected chi connectivity index (χ2v) is 6.41. The lowest BCUT2D eigenvalue weighted by atomic mass is 10.1. The lowest BCUT2D eigenvalue weighted by Gasteiger charge is -2.30. The molecule has 19 heavy (non-hydrogen) atoms. The van der Waals surface area contributed by atoms with Crippen molar-refractivity contribution in [1.29, 1.82) is 0 Å². The summed E-state index contributed by atoms with van der Waals surface area (Å²) in [4.78, 5) is 16.8. The van der Waals surface area contributed by atoms with E-state index in [0.29, 0.717) is 18.5 Å². The molecule has 3 rings (SSSR count). The van der Waals surface area contributed by atoms with E-state index in [0.717, 1.165) is 19.6 Å². The summed E-state index contributed by atoms with van der Waals surface area (Å²) in [6.07, 6.45) is 6.06. The van der Waals surface area contributed by atoms with Gasteiger partial charge in [-0.2, -0.15) is 11.3 Å². The molecule has 1 aromatic rings. The second-order valence-electron chi connectivity index (χ2n) is 5.63. The van der Waals surface area contributed by atoms with Gasteiger partial charge in [-0.3, -0.25) is 9.69 Å². The normalized spacial score (nSPS) is 24.8. The number of rotatable bonds is 3. The molecule has 0 bridgehead atoms. The molecule has 1 amide bonds. The number of thiophene rings is 1. The van der Waals surface area contributed by atoms with Gasteiger partial charge in [0.15, 0.2) is 0 Å². The van der Waals surface area contributed by atoms with Crippen molar-refractivity contribution in [3.63, 3.8) is 0 Å². The number of nitrogens with zero attached hydrogens (tertiary/aromatic N) is 2. The van der Waals surface area contributed by atoms with E-state index >= 15 is 0 Å². The Morgan fingerprint density at radius 3 is 2.79 bits per heavy atom. The van der Waals surface area contributed by atoms with Crippen molar-refractivity contribution in [2.75, 3.05) is 26.2 Å². The molecule has 1 aromatic heterocycles. The van der Waals surface area contributed by atoms with Crippen molar-refractivity contribution in [1.82, 2.24) is 9.80 Å². The third-order valence-corrected chi connectivity index (χ3v) is 5.04. The van der Waals surface area contributed by atoms with Crippen LogP contribution in [0.3, 0.4) is 0 Å². The maximum absolute atomic E-state index is 12.4. The zero-order chi connectivity index (χ0) is 13.1. The minimum Gasteiger partial charge on any atom is -0.342 e. The average Bonchev–Trinajstić information content (AvgIpc) is 3.10. The molecule has 0 aromatic carbocycles. The van der Waals surface area contributed by atoms with Crippen molar-refractivity contribution in [3.05, 3.63) is 22.4 Å². The highest BCUT2D eigenvalue weighted by Crippen LogP contribution is 2.32. The molecule has 2 saturated heterocycles. The molecule has 3 nitrogen and oxygen atoms in total. The topological polar surface area (TPSA) is 23.6 Å². The quantitative estimate of drug-likeness (QED) is 0.849. The molecule has 4 heteroatoms. The maximum Gasteiger partial charge on any atom is 0.236 e. The van der Waals surface area contributed by atoms with E-state index in [1.807, 2.05) is 0 Å². The van der Waals surface area contributed by atoms with Crippen LogP contribution in [0, 0.1) is 0 Å². The SMILES string of the molecule is O=C(CN1CCCC1c1ccsc1)N1CCCCC1. The number of carbonyl (C=O) groups is 1. The highest BCUT2D eigenvalue weighted by Gasteiger charge is 2.29. The number of carbonyl (C=O) groups excluding carboxylic acids is 1. The number of hydrogen-bond donors (Lipinski definition) is 0. The Balaban J connectivity index is 1.60. The fraction of sp³-hybridized carbons (Fsp3) is 0.667. The Bertz CT molecular complexity index is 412. The maximum atomic E-state index is 12.4. The van der Waals surface area contributed by atoms with Gasteiger partial charge < -0.3 is 4.90 Å². The van der Waals surface area contributed by atoms with Gasteiger partial charge in [0.05, 0.1) is 6.54 Å². The zero-order valence-corrected chi connectivity index (χ0v) is 12.2. The summed E-state index contributed by atoms with van der Waals surface area (Å²) in [7, 11) is 0. The van der Waals surface area contributed by atoms with Crippen molar-refractivity contribution in [2.24, 2.45) is 0 Å². The van der Waals surface area contributed by atoms with E-state index in [1.165, 1.54) is 37.7 Å². The van der Waals surface area contributed by atoms with Crippen molar-refractivity contribution >= 4 is 17.2 Å². The summed E-state index contributed by atoms with van der Waals surface area (Å²) in [6.45, 7) is 3.62. The van der Waals surface area contributed by atoms with Gasteiger partial charge in [0.2, 0.25) is 5.91 Å². The van der Waals surface area contributed by atoms with Crippen LogP contribution < -0.4 is 0 Å². The van der Waals surface area contributed by atoms with Crippen LogP contribution in [0.4, 0.5) is 0 Å². The van der Waals surface area contributed by atoms with Crippen LogP contribution in [-0.2, 0) is 4.79 Å². The summed E-state index contributed by atoms with van der Waals surface area (Å²) in [5.41, 5.74) is 1.40. The fourth-order valence-corrected chi connectivity index (χ4v) is 3.98. The summed E-state index contributed by atoms with van der Waals surface area (Å²) in [5, 5.41) is 4.37. The molecule has 0 radical (unpaired) electrons. The Labute approximate surface area is 119 Å². The Hall–Kier alpha value is -0.870. The van der Waals surface area contributed by atoms with Gasteiger partial charge in [-0.25, -0.2) is 0 Å². The van der Waals surface area contributed by atoms with E-state index < -0.39 is 0 Å². The fourth-order valence-electron chi connectivity index (χ4n) is 3.27. The van der Waals surface area contributed by atoms with E-state index in [1.54, 1.807) is 11.3 Å². The van der Waals surface area contributed by atoms with Crippen molar-refractivity contribution in [3.8, 4) is 0 Å². The molecule has 0 aliphatic carbocycles. The van der Waals surface area contributed by atoms with Gasteiger partial charge in [0, 0.05) is 19.1 Å². The number of hydrogen-bond acceptors (Lipinski definition) is 3. The van der Waals surface area contributed by atoms with Gasteiger partial charge in [-0.05, 0) is 61.0 Å². The first-order valence-corrected chi connectivity index (χ1v) is 8.33. The Kier molecular flexibility index (Phi) is 4.18. The van der Waals surface area contributed by atoms with Crippen LogP contribution >= 0.6 is 11.3 Å². The van der Waals surface area contributed by atoms with E-state index in [-0.39, 0.29) is 0 Å². The van der Waals surface area contributed by atoms with Gasteiger partial charge in [-0.1, -0.05) is 0 Å². The van der Waals surface area contributed by atoms with E-state index in [2.05, 4.69) is 26.6 Å². The second kappa shape index (κ2) is 6.06. The Morgan fingerprint density at radius 1 is 1.21 bits per heavy atom. The van der Waals surface area contributed by atoms with Crippen LogP contribution in [0.5, 0.6) is 0 Å². The first kappa shape index (κ1) is 13.1. The predicted octanol–water partition coefficient (Wildman–Crippen LogP) is 2.90. The van der Waals surface area contributed by atoms with Crippen LogP contribution in [-0.4, -0.2) is 41.9 Å². The number of likely N-dealkylation sites (tertiary alicyclic amines) is 2. The van der Waals surface area contributed by atoms with Gasteiger partial charge in [0.25, 0.3) is 0 Å². The molecule has 104 valence electrons. The van der Waals surface area contributed by atoms with E-state index in [9.17, 15) is 4.79 Å². The lowest BCUT2D eigenvalue weighted by Crippen LogP contribution is -2.42. The zero-order valence-electron chi connectivity index (χ0n) is 11.4. The highest BCUT2D eigenvalue weighted by molar-refractivity contribution is 7.07. The third kappa shape index (κ3) is 3.00. The van der Waals surface area contributed by atoms with Crippen LogP contribution in [0.2, 0.25) is 0 Å². The molecule has 2 aliphatic heterocycles. The number of amides is 1. The van der Waals surface area contributed by atoms with Crippen LogP contribution in [0.15, 0.2) is 16.8 Å². The highest BCUT2D eigenvalue weighted by atomic mass is 32.1. The lowest BCUT2D eigenvalue weighted by molar-refractivity contribution is -0.133. The first-order valence-electron chi connectivity index (χ1n) is 7.38. The molecule has 2 aliphatic rings. The predicted molar refractivity (Wildman–Crippen MR) is 78.3 cm³/mol. The monoisotopic (exact) mass is 278 g/mol. The van der Waals surface area contributed by atoms with Crippen LogP contribution in [0.25, 0.3) is 0 Å². The molecule has 0 N–H and O–H groups in total. The number of piperidine rings is 1. The third-order valence-electron chi connectivity index (χ3n) is 4.34. The summed E-state index contributed by atoms with van der Waals surface area (Å²) >= 11 is 1.75. The van der Waals surface area contributed by atoms with Gasteiger partial charge in [0.1, 0.15) is 0 Å². The minimum atomic E-state index is 0.335. The molecule has 3 heterocycles. The van der Waals surface area contributed by atoms with Crippen molar-refractivity contribution < 1.29 is 4.79 Å². The van der Waals surface area contributed by atoms with Gasteiger partial charge >= 0.3 is 0 Å². The molecule has 1 atom stereocenters. The largest absolute Gasteiger partial charge is 0.342 e. The standard InChI is InChI=1S/C15H22N2OS/c18-15(16-7-2-1-3-8-16)11-17-9-4-5-14(17)13-6-10-19-12-13/h6,10,12,14H,1-5,7-9,11H2. The summed E-state index contributed by atoms with van der Waals surface area (Å²) < 4.78 is 0. The average molecular weight is 278 g/mol. The molecule has 2 fully saturated rings. The van der Waals surface area contributed by atoms with E-state index in [4.69, 9.17) is 0 Å². The van der Waals surface area contributed by atoms with Crippen molar-refractivity contribution in [2.45, 2.75) is 38.1 Å². The molecule has 0 saturated carbocycles. The Morgan fingerprint density at radius 2 is 2.05 bits per heavy atom. The molecular weight excluding hydrogens is 256 g/mol. The molecular formula is C15H22N2OS. The molecule has 1 unspecified atom stereocenters. The van der Waals surface area contributed by atoms with Gasteiger partial charge in [-0.15, -0.1) is 0 Å². The summed E-state index contributed by atoms with van der Waals surface area (Å²) in [6, 6.07) is 2.68. The smallest absolute Gasteiger partial charge is 0.236 e. The minimum absolute atomic E-state index is 0.335.